The van der Waals surface area contributed by atoms with Crippen LogP contribution in [0.3, 0.4) is 0 Å². The highest BCUT2D eigenvalue weighted by molar-refractivity contribution is 7.89. The molecule has 0 saturated carbocycles. The van der Waals surface area contributed by atoms with Crippen LogP contribution in [-0.4, -0.2) is 79.3 Å². The van der Waals surface area contributed by atoms with Gasteiger partial charge in [-0.2, -0.15) is 0 Å². The summed E-state index contributed by atoms with van der Waals surface area (Å²) in [5.74, 6) is -0.817. The molecule has 0 spiro atoms. The highest BCUT2D eigenvalue weighted by Gasteiger charge is 2.45. The molecule has 2 unspecified atom stereocenters. The van der Waals surface area contributed by atoms with Crippen molar-refractivity contribution in [1.29, 1.82) is 0 Å². The van der Waals surface area contributed by atoms with Gasteiger partial charge < -0.3 is 14.7 Å². The monoisotopic (exact) mass is 672 g/mol. The number of sulfonamides is 1. The quantitative estimate of drug-likeness (QED) is 0.309. The maximum absolute atomic E-state index is 14.6. The van der Waals surface area contributed by atoms with Crippen LogP contribution in [-0.2, 0) is 14.8 Å². The van der Waals surface area contributed by atoms with Gasteiger partial charge in [0.1, 0.15) is 17.6 Å². The fraction of sp³-hybridized carbons (Fsp3) is 0.344. The summed E-state index contributed by atoms with van der Waals surface area (Å²) in [5, 5.41) is 10.6. The zero-order valence-corrected chi connectivity index (χ0v) is 27.4. The second-order valence-electron chi connectivity index (χ2n) is 11.1. The second-order valence-corrected chi connectivity index (χ2v) is 14.1. The number of likely N-dealkylation sites (tertiary alicyclic amines) is 1. The fourth-order valence-electron chi connectivity index (χ4n) is 5.66. The van der Waals surface area contributed by atoms with E-state index in [2.05, 4.69) is 0 Å². The third kappa shape index (κ3) is 6.67. The molecule has 2 aliphatic rings. The summed E-state index contributed by atoms with van der Waals surface area (Å²) in [4.78, 5) is 34.6. The Balaban J connectivity index is 1.72. The number of carbonyl (C=O) groups is 2. The molecule has 10 nitrogen and oxygen atoms in total. The summed E-state index contributed by atoms with van der Waals surface area (Å²) in [5.41, 5.74) is 1.87. The molecule has 3 aromatic rings. The molecule has 13 heteroatoms. The van der Waals surface area contributed by atoms with Crippen molar-refractivity contribution in [1.82, 2.24) is 14.1 Å². The summed E-state index contributed by atoms with van der Waals surface area (Å²) in [6.45, 7) is 2.59. The first-order valence-electron chi connectivity index (χ1n) is 14.5. The van der Waals surface area contributed by atoms with E-state index in [9.17, 15) is 23.1 Å². The van der Waals surface area contributed by atoms with Gasteiger partial charge in [-0.3, -0.25) is 14.7 Å². The molecule has 1 saturated heterocycles. The lowest BCUT2D eigenvalue weighted by Crippen LogP contribution is -2.49. The van der Waals surface area contributed by atoms with E-state index in [1.165, 1.54) is 26.2 Å². The van der Waals surface area contributed by atoms with E-state index in [1.54, 1.807) is 40.1 Å². The lowest BCUT2D eigenvalue weighted by atomic mass is 9.93. The topological polar surface area (TPSA) is 120 Å². The smallest absolute Gasteiger partial charge is 0.326 e. The number of aliphatic carboxylic acids is 1. The number of carboxylic acid groups (broad SMARTS) is 1. The van der Waals surface area contributed by atoms with Crippen molar-refractivity contribution in [3.63, 3.8) is 0 Å². The van der Waals surface area contributed by atoms with E-state index >= 15 is 0 Å². The number of benzene rings is 3. The minimum atomic E-state index is -3.85. The lowest BCUT2D eigenvalue weighted by molar-refractivity contribution is -0.143. The van der Waals surface area contributed by atoms with E-state index < -0.39 is 34.0 Å². The van der Waals surface area contributed by atoms with Crippen LogP contribution in [0.2, 0.25) is 10.0 Å². The Labute approximate surface area is 272 Å². The molecule has 238 valence electrons. The standard InChI is InChI=1S/C32H34Cl2N4O6S/c1-4-44-27-14-13-25(45(42,43)36(2)3)19-26(27)30-35-28(20-5-9-23(33)10-6-20)29(21-7-11-24(34)12-8-21)38(30)32(41)37-17-15-22(16-18-37)31(39)40/h5-14,19,22,28-29H,4,15-18H2,1-3H3,(H,39,40). The Bertz CT molecular complexity index is 1710. The van der Waals surface area contributed by atoms with E-state index in [0.29, 0.717) is 34.2 Å². The van der Waals surface area contributed by atoms with Crippen LogP contribution in [0.4, 0.5) is 4.79 Å². The molecular formula is C32H34Cl2N4O6S. The van der Waals surface area contributed by atoms with Crippen molar-refractivity contribution in [2.75, 3.05) is 33.8 Å². The number of carboxylic acids is 1. The molecule has 0 bridgehead atoms. The van der Waals surface area contributed by atoms with Crippen molar-refractivity contribution in [3.05, 3.63) is 93.5 Å². The van der Waals surface area contributed by atoms with Gasteiger partial charge >= 0.3 is 12.0 Å². The van der Waals surface area contributed by atoms with E-state index in [1.807, 2.05) is 31.2 Å². The summed E-state index contributed by atoms with van der Waals surface area (Å²) in [7, 11) is -0.957. The Morgan fingerprint density at radius 3 is 2.07 bits per heavy atom. The van der Waals surface area contributed by atoms with Crippen LogP contribution < -0.4 is 4.74 Å². The van der Waals surface area contributed by atoms with Gasteiger partial charge in [0.25, 0.3) is 0 Å². The van der Waals surface area contributed by atoms with Crippen LogP contribution in [0.5, 0.6) is 5.75 Å². The lowest BCUT2D eigenvalue weighted by Gasteiger charge is -2.37. The first kappa shape index (κ1) is 32.7. The van der Waals surface area contributed by atoms with Crippen LogP contribution in [0.15, 0.2) is 76.6 Å². The van der Waals surface area contributed by atoms with Crippen molar-refractivity contribution < 1.29 is 27.9 Å². The maximum Gasteiger partial charge on any atom is 0.326 e. The molecule has 2 heterocycles. The number of nitrogens with zero attached hydrogens (tertiary/aromatic N) is 4. The number of hydrogen-bond donors (Lipinski definition) is 1. The van der Waals surface area contributed by atoms with Gasteiger partial charge in [0, 0.05) is 37.2 Å². The number of ether oxygens (including phenoxy) is 1. The first-order chi connectivity index (χ1) is 21.4. The molecule has 0 aliphatic carbocycles. The third-order valence-electron chi connectivity index (χ3n) is 8.08. The number of amides is 2. The first-order valence-corrected chi connectivity index (χ1v) is 16.7. The van der Waals surface area contributed by atoms with Gasteiger partial charge in [0.15, 0.2) is 0 Å². The molecule has 45 heavy (non-hydrogen) atoms. The highest BCUT2D eigenvalue weighted by Crippen LogP contribution is 2.46. The number of urea groups is 1. The number of amidine groups is 1. The molecule has 2 atom stereocenters. The molecule has 2 aliphatic heterocycles. The summed E-state index contributed by atoms with van der Waals surface area (Å²) < 4.78 is 33.6. The van der Waals surface area contributed by atoms with Gasteiger partial charge in [-0.1, -0.05) is 47.5 Å². The average molecular weight is 674 g/mol. The summed E-state index contributed by atoms with van der Waals surface area (Å²) >= 11 is 12.5. The van der Waals surface area contributed by atoms with Crippen molar-refractivity contribution in [3.8, 4) is 5.75 Å². The Morgan fingerprint density at radius 1 is 0.956 bits per heavy atom. The zero-order chi connectivity index (χ0) is 32.5. The highest BCUT2D eigenvalue weighted by atomic mass is 35.5. The number of piperidine rings is 1. The molecule has 0 radical (unpaired) electrons. The number of halogens is 2. The predicted molar refractivity (Wildman–Crippen MR) is 173 cm³/mol. The second kappa shape index (κ2) is 13.4. The number of rotatable bonds is 8. The number of hydrogen-bond acceptors (Lipinski definition) is 6. The number of carbonyl (C=O) groups excluding carboxylic acids is 1. The normalized spacial score (nSPS) is 19.1. The summed E-state index contributed by atoms with van der Waals surface area (Å²) in [6.07, 6.45) is 0.628. The Hall–Kier alpha value is -3.64. The molecule has 2 amide bonds. The molecule has 1 fully saturated rings. The molecular weight excluding hydrogens is 639 g/mol. The maximum atomic E-state index is 14.6. The molecule has 1 N–H and O–H groups in total. The van der Waals surface area contributed by atoms with Gasteiger partial charge in [-0.05, 0) is 73.4 Å². The Kier molecular flexibility index (Phi) is 9.74. The molecule has 5 rings (SSSR count). The SMILES string of the molecule is CCOc1ccc(S(=O)(=O)N(C)C)cc1C1=NC(c2ccc(Cl)cc2)C(c2ccc(Cl)cc2)N1C(=O)N1CCC(C(=O)O)CC1. The number of aliphatic imine (C=N–C) groups is 1. The van der Waals surface area contributed by atoms with Gasteiger partial charge in [0.05, 0.1) is 29.0 Å². The van der Waals surface area contributed by atoms with Gasteiger partial charge in [0.2, 0.25) is 10.0 Å². The molecule has 0 aromatic heterocycles. The van der Waals surface area contributed by atoms with Crippen LogP contribution in [0.1, 0.15) is 48.5 Å². The minimum absolute atomic E-state index is 0.0151. The Morgan fingerprint density at radius 2 is 1.53 bits per heavy atom. The van der Waals surface area contributed by atoms with Crippen LogP contribution in [0.25, 0.3) is 0 Å². The molecule has 3 aromatic carbocycles. The van der Waals surface area contributed by atoms with Gasteiger partial charge in [-0.15, -0.1) is 0 Å². The van der Waals surface area contributed by atoms with Crippen molar-refractivity contribution >= 4 is 51.1 Å². The van der Waals surface area contributed by atoms with E-state index in [4.69, 9.17) is 32.9 Å². The van der Waals surface area contributed by atoms with E-state index in [0.717, 1.165) is 15.4 Å². The fourth-order valence-corrected chi connectivity index (χ4v) is 6.84. The third-order valence-corrected chi connectivity index (χ3v) is 10.4. The average Bonchev–Trinajstić information content (AvgIpc) is 3.42. The van der Waals surface area contributed by atoms with Crippen LogP contribution >= 0.6 is 23.2 Å². The van der Waals surface area contributed by atoms with Crippen molar-refractivity contribution in [2.24, 2.45) is 10.9 Å². The largest absolute Gasteiger partial charge is 0.493 e. The van der Waals surface area contributed by atoms with E-state index in [-0.39, 0.29) is 36.5 Å². The minimum Gasteiger partial charge on any atom is -0.493 e. The zero-order valence-electron chi connectivity index (χ0n) is 25.1. The van der Waals surface area contributed by atoms with Gasteiger partial charge in [-0.25, -0.2) is 17.5 Å². The van der Waals surface area contributed by atoms with Crippen molar-refractivity contribution in [2.45, 2.75) is 36.7 Å². The van der Waals surface area contributed by atoms with Crippen LogP contribution in [0, 0.1) is 5.92 Å². The predicted octanol–water partition coefficient (Wildman–Crippen LogP) is 6.10. The summed E-state index contributed by atoms with van der Waals surface area (Å²) in [6, 6.07) is 17.2.